The van der Waals surface area contributed by atoms with Crippen molar-refractivity contribution in [3.8, 4) is 0 Å². The second-order valence-electron chi connectivity index (χ2n) is 5.23. The average Bonchev–Trinajstić information content (AvgIpc) is 2.84. The molecule has 0 aliphatic heterocycles. The van der Waals surface area contributed by atoms with Crippen molar-refractivity contribution in [2.45, 2.75) is 39.2 Å². The maximum atomic E-state index is 12.0. The molecule has 2 rings (SSSR count). The van der Waals surface area contributed by atoms with Gasteiger partial charge in [-0.2, -0.15) is 0 Å². The van der Waals surface area contributed by atoms with Gasteiger partial charge in [0.25, 0.3) is 0 Å². The molecule has 0 fully saturated rings. The number of ketones is 1. The highest BCUT2D eigenvalue weighted by atomic mass is 16.5. The molecule has 0 unspecified atom stereocenters. The minimum Gasteiger partial charge on any atom is -0.376 e. The normalized spacial score (nSPS) is 13.8. The fourth-order valence-electron chi connectivity index (χ4n) is 2.34. The van der Waals surface area contributed by atoms with Gasteiger partial charge in [0.1, 0.15) is 6.61 Å². The first-order chi connectivity index (χ1) is 9.16. The lowest BCUT2D eigenvalue weighted by molar-refractivity contribution is 0.0208. The first-order valence-electron chi connectivity index (χ1n) is 7.01. The zero-order valence-electron chi connectivity index (χ0n) is 11.8. The molecule has 0 bridgehead atoms. The van der Waals surface area contributed by atoms with E-state index in [1.54, 1.807) is 0 Å². The molecular formula is C16H22O3. The van der Waals surface area contributed by atoms with Crippen molar-refractivity contribution in [2.24, 2.45) is 0 Å². The van der Waals surface area contributed by atoms with Gasteiger partial charge in [-0.05, 0) is 50.3 Å². The summed E-state index contributed by atoms with van der Waals surface area (Å²) in [5.74, 6) is 0.0549. The van der Waals surface area contributed by atoms with Crippen molar-refractivity contribution >= 4 is 5.78 Å². The zero-order chi connectivity index (χ0) is 13.7. The van der Waals surface area contributed by atoms with E-state index in [2.05, 4.69) is 6.07 Å². The number of benzene rings is 1. The summed E-state index contributed by atoms with van der Waals surface area (Å²) in [7, 11) is 0. The Balaban J connectivity index is 1.77. The first kappa shape index (κ1) is 14.2. The van der Waals surface area contributed by atoms with E-state index < -0.39 is 0 Å². The molecule has 0 saturated carbocycles. The number of carbonyl (C=O) groups is 1. The fraction of sp³-hybridized carbons (Fsp3) is 0.562. The molecule has 0 spiro atoms. The van der Waals surface area contributed by atoms with E-state index in [-0.39, 0.29) is 18.5 Å². The van der Waals surface area contributed by atoms with Crippen LogP contribution in [0.1, 0.15) is 41.8 Å². The molecule has 1 aromatic carbocycles. The topological polar surface area (TPSA) is 35.5 Å². The Morgan fingerprint density at radius 1 is 1.21 bits per heavy atom. The molecule has 0 saturated heterocycles. The molecule has 1 aliphatic rings. The molecule has 1 aliphatic carbocycles. The summed E-state index contributed by atoms with van der Waals surface area (Å²) in [4.78, 5) is 12.0. The van der Waals surface area contributed by atoms with E-state index in [1.807, 2.05) is 26.0 Å². The summed E-state index contributed by atoms with van der Waals surface area (Å²) in [6, 6.07) is 6.02. The number of rotatable bonds is 7. The maximum Gasteiger partial charge on any atom is 0.188 e. The van der Waals surface area contributed by atoms with E-state index in [1.165, 1.54) is 17.5 Å². The van der Waals surface area contributed by atoms with Crippen LogP contribution in [0.15, 0.2) is 18.2 Å². The highest BCUT2D eigenvalue weighted by molar-refractivity contribution is 5.97. The summed E-state index contributed by atoms with van der Waals surface area (Å²) in [5.41, 5.74) is 3.49. The van der Waals surface area contributed by atoms with Gasteiger partial charge in [0.05, 0.1) is 19.3 Å². The molecule has 3 heteroatoms. The highest BCUT2D eigenvalue weighted by Crippen LogP contribution is 2.22. The Kier molecular flexibility index (Phi) is 5.11. The molecule has 0 amide bonds. The molecular weight excluding hydrogens is 240 g/mol. The fourth-order valence-corrected chi connectivity index (χ4v) is 2.34. The second-order valence-corrected chi connectivity index (χ2v) is 5.23. The van der Waals surface area contributed by atoms with Crippen LogP contribution in [0.25, 0.3) is 0 Å². The van der Waals surface area contributed by atoms with Crippen LogP contribution in [0.5, 0.6) is 0 Å². The Labute approximate surface area is 114 Å². The smallest absolute Gasteiger partial charge is 0.188 e. The predicted molar refractivity (Wildman–Crippen MR) is 74.7 cm³/mol. The van der Waals surface area contributed by atoms with Gasteiger partial charge in [-0.1, -0.05) is 12.1 Å². The van der Waals surface area contributed by atoms with E-state index >= 15 is 0 Å². The van der Waals surface area contributed by atoms with E-state index in [0.29, 0.717) is 13.2 Å². The molecule has 0 aromatic heterocycles. The van der Waals surface area contributed by atoms with Crippen LogP contribution in [-0.2, 0) is 22.3 Å². The molecule has 0 heterocycles. The lowest BCUT2D eigenvalue weighted by atomic mass is 10.0. The van der Waals surface area contributed by atoms with Crippen LogP contribution in [0.3, 0.4) is 0 Å². The number of Topliss-reactive ketones (excluding diaryl/α,β-unsaturated/α-hetero) is 1. The number of hydrogen-bond acceptors (Lipinski definition) is 3. The zero-order valence-corrected chi connectivity index (χ0v) is 11.8. The summed E-state index contributed by atoms with van der Waals surface area (Å²) < 4.78 is 10.7. The summed E-state index contributed by atoms with van der Waals surface area (Å²) in [5, 5.41) is 0. The number of aryl methyl sites for hydroxylation is 2. The van der Waals surface area contributed by atoms with Gasteiger partial charge in [-0.25, -0.2) is 0 Å². The lowest BCUT2D eigenvalue weighted by Gasteiger charge is -2.08. The number of fused-ring (bicyclic) bond motifs is 1. The standard InChI is InChI=1S/C16H22O3/c1-12(2)19-9-8-18-11-16(17)15-7-6-13-4-3-5-14(13)10-15/h6-7,10,12H,3-5,8-9,11H2,1-2H3. The largest absolute Gasteiger partial charge is 0.376 e. The van der Waals surface area contributed by atoms with Gasteiger partial charge in [-0.15, -0.1) is 0 Å². The Morgan fingerprint density at radius 3 is 2.79 bits per heavy atom. The van der Waals surface area contributed by atoms with Crippen LogP contribution >= 0.6 is 0 Å². The van der Waals surface area contributed by atoms with Gasteiger partial charge in [-0.3, -0.25) is 4.79 Å². The van der Waals surface area contributed by atoms with Crippen LogP contribution in [0.2, 0.25) is 0 Å². The molecule has 104 valence electrons. The SMILES string of the molecule is CC(C)OCCOCC(=O)c1ccc2c(c1)CCC2. The molecule has 3 nitrogen and oxygen atoms in total. The van der Waals surface area contributed by atoms with E-state index in [4.69, 9.17) is 9.47 Å². The van der Waals surface area contributed by atoms with Gasteiger partial charge in [0.2, 0.25) is 0 Å². The first-order valence-corrected chi connectivity index (χ1v) is 7.01. The van der Waals surface area contributed by atoms with E-state index in [0.717, 1.165) is 18.4 Å². The van der Waals surface area contributed by atoms with Gasteiger partial charge in [0, 0.05) is 5.56 Å². The van der Waals surface area contributed by atoms with Crippen molar-refractivity contribution < 1.29 is 14.3 Å². The van der Waals surface area contributed by atoms with Gasteiger partial charge < -0.3 is 9.47 Å². The number of carbonyl (C=O) groups excluding carboxylic acids is 1. The molecule has 0 N–H and O–H groups in total. The number of hydrogen-bond donors (Lipinski definition) is 0. The summed E-state index contributed by atoms with van der Waals surface area (Å²) >= 11 is 0. The molecule has 19 heavy (non-hydrogen) atoms. The van der Waals surface area contributed by atoms with Crippen LogP contribution < -0.4 is 0 Å². The minimum absolute atomic E-state index is 0.0549. The minimum atomic E-state index is 0.0549. The molecule has 0 atom stereocenters. The van der Waals surface area contributed by atoms with E-state index in [9.17, 15) is 4.79 Å². The second kappa shape index (κ2) is 6.83. The Bertz CT molecular complexity index is 438. The van der Waals surface area contributed by atoms with Crippen molar-refractivity contribution in [2.75, 3.05) is 19.8 Å². The molecule has 0 radical (unpaired) electrons. The Hall–Kier alpha value is -1.19. The van der Waals surface area contributed by atoms with Gasteiger partial charge >= 0.3 is 0 Å². The van der Waals surface area contributed by atoms with Gasteiger partial charge in [0.15, 0.2) is 5.78 Å². The quantitative estimate of drug-likeness (QED) is 0.560. The average molecular weight is 262 g/mol. The van der Waals surface area contributed by atoms with Crippen LogP contribution in [0, 0.1) is 0 Å². The lowest BCUT2D eigenvalue weighted by Crippen LogP contribution is -2.14. The highest BCUT2D eigenvalue weighted by Gasteiger charge is 2.13. The van der Waals surface area contributed by atoms with Crippen LogP contribution in [0.4, 0.5) is 0 Å². The maximum absolute atomic E-state index is 12.0. The third-order valence-corrected chi connectivity index (χ3v) is 3.33. The Morgan fingerprint density at radius 2 is 2.00 bits per heavy atom. The predicted octanol–water partition coefficient (Wildman–Crippen LogP) is 2.80. The van der Waals surface area contributed by atoms with Crippen molar-refractivity contribution in [1.82, 2.24) is 0 Å². The third kappa shape index (κ3) is 4.15. The number of ether oxygens (including phenoxy) is 2. The van der Waals surface area contributed by atoms with Crippen molar-refractivity contribution in [3.05, 3.63) is 34.9 Å². The van der Waals surface area contributed by atoms with Crippen LogP contribution in [-0.4, -0.2) is 31.7 Å². The summed E-state index contributed by atoms with van der Waals surface area (Å²) in [6.07, 6.45) is 3.65. The van der Waals surface area contributed by atoms with Crippen molar-refractivity contribution in [3.63, 3.8) is 0 Å². The third-order valence-electron chi connectivity index (χ3n) is 3.33. The monoisotopic (exact) mass is 262 g/mol. The van der Waals surface area contributed by atoms with Crippen molar-refractivity contribution in [1.29, 1.82) is 0 Å². The summed E-state index contributed by atoms with van der Waals surface area (Å²) in [6.45, 7) is 5.11. The molecule has 1 aromatic rings.